The van der Waals surface area contributed by atoms with Crippen LogP contribution in [0.4, 0.5) is 11.4 Å². The van der Waals surface area contributed by atoms with Gasteiger partial charge in [0, 0.05) is 18.2 Å². The third-order valence-corrected chi connectivity index (χ3v) is 2.48. The zero-order valence-corrected chi connectivity index (χ0v) is 9.91. The van der Waals surface area contributed by atoms with Crippen LogP contribution in [0.3, 0.4) is 0 Å². The lowest BCUT2D eigenvalue weighted by atomic mass is 10.1. The number of rotatable bonds is 4. The number of nitrogens with zero attached hydrogens (tertiary/aromatic N) is 1. The summed E-state index contributed by atoms with van der Waals surface area (Å²) in [6.07, 6.45) is 0. The van der Waals surface area contributed by atoms with E-state index in [1.807, 2.05) is 13.8 Å². The van der Waals surface area contributed by atoms with Gasteiger partial charge < -0.3 is 11.1 Å². The van der Waals surface area contributed by atoms with Crippen molar-refractivity contribution in [3.63, 3.8) is 0 Å². The van der Waals surface area contributed by atoms with Crippen LogP contribution in [0.2, 0.25) is 5.02 Å². The predicted molar refractivity (Wildman–Crippen MR) is 64.9 cm³/mol. The van der Waals surface area contributed by atoms with Crippen LogP contribution in [-0.4, -0.2) is 17.0 Å². The van der Waals surface area contributed by atoms with Crippen LogP contribution in [0.5, 0.6) is 0 Å². The molecule has 88 valence electrons. The van der Waals surface area contributed by atoms with Crippen molar-refractivity contribution in [3.8, 4) is 0 Å². The second kappa shape index (κ2) is 4.67. The highest BCUT2D eigenvalue weighted by atomic mass is 35.5. The summed E-state index contributed by atoms with van der Waals surface area (Å²) >= 11 is 5.93. The van der Waals surface area contributed by atoms with Crippen molar-refractivity contribution in [1.29, 1.82) is 0 Å². The highest BCUT2D eigenvalue weighted by Gasteiger charge is 2.23. The average Bonchev–Trinajstić information content (AvgIpc) is 2.20. The van der Waals surface area contributed by atoms with Crippen LogP contribution in [-0.2, 0) is 0 Å². The fourth-order valence-corrected chi connectivity index (χ4v) is 1.39. The van der Waals surface area contributed by atoms with Crippen molar-refractivity contribution >= 4 is 23.0 Å². The molecule has 0 heterocycles. The van der Waals surface area contributed by atoms with Gasteiger partial charge in [0.05, 0.1) is 9.95 Å². The van der Waals surface area contributed by atoms with Crippen LogP contribution in [0.15, 0.2) is 18.2 Å². The molecule has 0 aromatic heterocycles. The Morgan fingerprint density at radius 2 is 2.19 bits per heavy atom. The van der Waals surface area contributed by atoms with Gasteiger partial charge >= 0.3 is 0 Å². The molecule has 0 aliphatic carbocycles. The molecule has 0 aliphatic heterocycles. The average molecular weight is 244 g/mol. The van der Waals surface area contributed by atoms with Crippen LogP contribution < -0.4 is 11.1 Å². The van der Waals surface area contributed by atoms with Gasteiger partial charge in [-0.1, -0.05) is 17.7 Å². The highest BCUT2D eigenvalue weighted by molar-refractivity contribution is 6.33. The minimum atomic E-state index is -0.471. The zero-order valence-electron chi connectivity index (χ0n) is 9.16. The first-order valence-electron chi connectivity index (χ1n) is 4.78. The number of nitro benzene ring substituents is 1. The van der Waals surface area contributed by atoms with Crippen molar-refractivity contribution in [2.45, 2.75) is 19.4 Å². The summed E-state index contributed by atoms with van der Waals surface area (Å²) in [5.41, 5.74) is 5.37. The normalized spacial score (nSPS) is 11.2. The molecule has 0 fully saturated rings. The Hall–Kier alpha value is -1.33. The van der Waals surface area contributed by atoms with E-state index in [2.05, 4.69) is 5.32 Å². The Labute approximate surface area is 98.7 Å². The van der Waals surface area contributed by atoms with E-state index in [0.29, 0.717) is 17.3 Å². The lowest BCUT2D eigenvalue weighted by Crippen LogP contribution is -2.39. The fraction of sp³-hybridized carbons (Fsp3) is 0.400. The molecule has 0 radical (unpaired) electrons. The summed E-state index contributed by atoms with van der Waals surface area (Å²) in [6.45, 7) is 4.04. The van der Waals surface area contributed by atoms with E-state index in [0.717, 1.165) is 0 Å². The Bertz CT molecular complexity index is 407. The molecular weight excluding hydrogens is 230 g/mol. The van der Waals surface area contributed by atoms with Gasteiger partial charge in [-0.2, -0.15) is 0 Å². The number of hydrogen-bond acceptors (Lipinski definition) is 4. The third-order valence-electron chi connectivity index (χ3n) is 2.16. The Kier molecular flexibility index (Phi) is 3.72. The molecule has 1 aromatic rings. The maximum Gasteiger partial charge on any atom is 0.293 e. The molecule has 0 atom stereocenters. The molecule has 6 heteroatoms. The Balaban J connectivity index is 3.16. The molecule has 16 heavy (non-hydrogen) atoms. The second-order valence-electron chi connectivity index (χ2n) is 4.10. The number of benzene rings is 1. The van der Waals surface area contributed by atoms with Gasteiger partial charge in [0.25, 0.3) is 5.69 Å². The first-order valence-corrected chi connectivity index (χ1v) is 5.16. The summed E-state index contributed by atoms with van der Waals surface area (Å²) in [6, 6.07) is 4.55. The number of nitro groups is 1. The van der Waals surface area contributed by atoms with Gasteiger partial charge in [0.2, 0.25) is 0 Å². The number of nitrogens with two attached hydrogens (primary N) is 1. The fourth-order valence-electron chi connectivity index (χ4n) is 1.18. The monoisotopic (exact) mass is 243 g/mol. The van der Waals surface area contributed by atoms with Crippen molar-refractivity contribution in [2.75, 3.05) is 11.9 Å². The molecule has 5 nitrogen and oxygen atoms in total. The van der Waals surface area contributed by atoms with Crippen molar-refractivity contribution < 1.29 is 4.92 Å². The number of halogens is 1. The first kappa shape index (κ1) is 12.7. The molecule has 0 amide bonds. The van der Waals surface area contributed by atoms with Crippen LogP contribution in [0, 0.1) is 10.1 Å². The maximum atomic E-state index is 10.8. The van der Waals surface area contributed by atoms with Gasteiger partial charge in [-0.15, -0.1) is 0 Å². The van der Waals surface area contributed by atoms with E-state index in [1.165, 1.54) is 6.07 Å². The van der Waals surface area contributed by atoms with E-state index in [1.54, 1.807) is 12.1 Å². The van der Waals surface area contributed by atoms with E-state index in [4.69, 9.17) is 17.3 Å². The van der Waals surface area contributed by atoms with Gasteiger partial charge in [0.15, 0.2) is 0 Å². The molecular formula is C10H14ClN3O2. The molecule has 0 unspecified atom stereocenters. The van der Waals surface area contributed by atoms with Crippen LogP contribution in [0.1, 0.15) is 13.8 Å². The van der Waals surface area contributed by atoms with Crippen molar-refractivity contribution in [3.05, 3.63) is 33.3 Å². The largest absolute Gasteiger partial charge is 0.372 e. The van der Waals surface area contributed by atoms with Crippen molar-refractivity contribution in [1.82, 2.24) is 0 Å². The zero-order chi connectivity index (χ0) is 12.3. The predicted octanol–water partition coefficient (Wildman–Crippen LogP) is 2.40. The molecule has 3 N–H and O–H groups in total. The molecule has 1 rings (SSSR count). The molecule has 0 aliphatic rings. The topological polar surface area (TPSA) is 81.2 Å². The molecule has 0 spiro atoms. The highest BCUT2D eigenvalue weighted by Crippen LogP contribution is 2.33. The second-order valence-corrected chi connectivity index (χ2v) is 4.51. The lowest BCUT2D eigenvalue weighted by Gasteiger charge is -2.25. The number of para-hydroxylation sites is 1. The Morgan fingerprint density at radius 3 is 2.69 bits per heavy atom. The number of anilines is 1. The molecule has 0 saturated carbocycles. The van der Waals surface area contributed by atoms with E-state index in [9.17, 15) is 10.1 Å². The molecule has 0 bridgehead atoms. The summed E-state index contributed by atoms with van der Waals surface area (Å²) in [4.78, 5) is 10.4. The van der Waals surface area contributed by atoms with Crippen LogP contribution in [0.25, 0.3) is 0 Å². The van der Waals surface area contributed by atoms with Crippen LogP contribution >= 0.6 is 11.6 Å². The van der Waals surface area contributed by atoms with E-state index >= 15 is 0 Å². The van der Waals surface area contributed by atoms with Crippen molar-refractivity contribution in [2.24, 2.45) is 5.73 Å². The summed E-state index contributed by atoms with van der Waals surface area (Å²) < 4.78 is 0. The smallest absolute Gasteiger partial charge is 0.293 e. The lowest BCUT2D eigenvalue weighted by molar-refractivity contribution is -0.384. The maximum absolute atomic E-state index is 10.8. The SMILES string of the molecule is CC(C)(CN)Nc1c(Cl)cccc1[N+](=O)[O-]. The minimum Gasteiger partial charge on any atom is -0.372 e. The summed E-state index contributed by atoms with van der Waals surface area (Å²) in [5, 5.41) is 14.1. The van der Waals surface area contributed by atoms with Gasteiger partial charge in [-0.3, -0.25) is 10.1 Å². The minimum absolute atomic E-state index is 0.0472. The first-order chi connectivity index (χ1) is 7.37. The molecule has 1 aromatic carbocycles. The van der Waals surface area contributed by atoms with E-state index in [-0.39, 0.29) is 5.69 Å². The standard InChI is InChI=1S/C10H14ClN3O2/c1-10(2,6-12)13-9-7(11)4-3-5-8(9)14(15)16/h3-5,13H,6,12H2,1-2H3. The van der Waals surface area contributed by atoms with Gasteiger partial charge in [0.1, 0.15) is 5.69 Å². The summed E-state index contributed by atoms with van der Waals surface area (Å²) in [5.74, 6) is 0. The quantitative estimate of drug-likeness (QED) is 0.629. The van der Waals surface area contributed by atoms with Gasteiger partial charge in [-0.25, -0.2) is 0 Å². The van der Waals surface area contributed by atoms with Gasteiger partial charge in [-0.05, 0) is 19.9 Å². The Morgan fingerprint density at radius 1 is 1.56 bits per heavy atom. The molecule has 0 saturated heterocycles. The number of nitrogens with one attached hydrogen (secondary N) is 1. The third kappa shape index (κ3) is 2.84. The number of hydrogen-bond donors (Lipinski definition) is 2. The summed E-state index contributed by atoms with van der Waals surface area (Å²) in [7, 11) is 0. The van der Waals surface area contributed by atoms with E-state index < -0.39 is 10.5 Å².